The summed E-state index contributed by atoms with van der Waals surface area (Å²) >= 11 is 0. The van der Waals surface area contributed by atoms with Gasteiger partial charge in [-0.1, -0.05) is 13.5 Å². The van der Waals surface area contributed by atoms with Crippen molar-refractivity contribution in [1.29, 1.82) is 0 Å². The molecule has 0 spiro atoms. The Morgan fingerprint density at radius 3 is 2.40 bits per heavy atom. The first kappa shape index (κ1) is 33.8. The number of fused-ring (bicyclic) bond motifs is 1. The SMILES string of the molecule is C=C(C)c1cnc(Nc2cc(CC)c(N3CCC(N4CCN(C)CC4)CC3)cc2OC)nc1Nc1ccc2nccnc2c1P(C)(C)=O. The molecule has 12 heteroatoms. The van der Waals surface area contributed by atoms with E-state index in [0.29, 0.717) is 39.8 Å². The summed E-state index contributed by atoms with van der Waals surface area (Å²) in [4.78, 5) is 26.1. The molecule has 254 valence electrons. The molecule has 11 nitrogen and oxygen atoms in total. The highest BCUT2D eigenvalue weighted by atomic mass is 31.2. The number of allylic oxidation sites excluding steroid dienone is 1. The smallest absolute Gasteiger partial charge is 0.229 e. The molecule has 0 atom stereocenters. The first-order chi connectivity index (χ1) is 23.0. The number of aromatic nitrogens is 4. The van der Waals surface area contributed by atoms with Gasteiger partial charge in [0.15, 0.2) is 0 Å². The van der Waals surface area contributed by atoms with E-state index in [1.54, 1.807) is 39.0 Å². The van der Waals surface area contributed by atoms with Crippen molar-refractivity contribution in [2.45, 2.75) is 39.2 Å². The average Bonchev–Trinajstić information content (AvgIpc) is 3.08. The van der Waals surface area contributed by atoms with E-state index in [2.05, 4.69) is 73.0 Å². The molecule has 48 heavy (non-hydrogen) atoms. The summed E-state index contributed by atoms with van der Waals surface area (Å²) in [6, 6.07) is 8.73. The van der Waals surface area contributed by atoms with E-state index in [-0.39, 0.29) is 0 Å². The molecule has 2 saturated heterocycles. The van der Waals surface area contributed by atoms with Gasteiger partial charge in [-0.2, -0.15) is 4.98 Å². The molecule has 0 bridgehead atoms. The van der Waals surface area contributed by atoms with E-state index in [9.17, 15) is 4.57 Å². The molecule has 4 heterocycles. The van der Waals surface area contributed by atoms with Gasteiger partial charge in [-0.15, -0.1) is 0 Å². The highest BCUT2D eigenvalue weighted by Crippen LogP contribution is 2.42. The minimum absolute atomic E-state index is 0.405. The van der Waals surface area contributed by atoms with E-state index in [0.717, 1.165) is 55.2 Å². The van der Waals surface area contributed by atoms with Crippen LogP contribution in [0, 0.1) is 0 Å². The van der Waals surface area contributed by atoms with Gasteiger partial charge in [-0.3, -0.25) is 14.9 Å². The summed E-state index contributed by atoms with van der Waals surface area (Å²) in [6.07, 6.45) is 8.24. The van der Waals surface area contributed by atoms with Crippen molar-refractivity contribution in [3.8, 4) is 5.75 Å². The lowest BCUT2D eigenvalue weighted by Crippen LogP contribution is -2.52. The number of anilines is 5. The van der Waals surface area contributed by atoms with Crippen LogP contribution in [0.5, 0.6) is 5.75 Å². The molecule has 0 amide bonds. The van der Waals surface area contributed by atoms with E-state index >= 15 is 0 Å². The van der Waals surface area contributed by atoms with Crippen molar-refractivity contribution in [3.63, 3.8) is 0 Å². The lowest BCUT2D eigenvalue weighted by molar-refractivity contribution is 0.0982. The van der Waals surface area contributed by atoms with Gasteiger partial charge in [0, 0.05) is 81.2 Å². The second-order valence-electron chi connectivity index (χ2n) is 13.3. The number of aryl methyl sites for hydroxylation is 1. The summed E-state index contributed by atoms with van der Waals surface area (Å²) in [6.45, 7) is 18.4. The third kappa shape index (κ3) is 7.18. The molecule has 4 aromatic rings. The standard InChI is InChI=1S/C36H48N9O2P/c1-8-25-21-30(32(47-5)22-31(25)45-15-11-26(12-16-45)44-19-17-43(4)18-20-44)41-36-39-23-27(24(2)3)35(42-36)40-29-10-9-28-33(38-14-13-37-28)34(29)48(6,7)46/h9-10,13-14,21-23,26H,2,8,11-12,15-20H2,1,3-7H3,(H2,39,40,41,42). The van der Waals surface area contributed by atoms with Gasteiger partial charge in [0.1, 0.15) is 24.2 Å². The van der Waals surface area contributed by atoms with Gasteiger partial charge >= 0.3 is 0 Å². The van der Waals surface area contributed by atoms with Crippen LogP contribution >= 0.6 is 7.14 Å². The maximum absolute atomic E-state index is 13.5. The fraction of sp³-hybridized carbons (Fsp3) is 0.444. The number of ether oxygens (including phenoxy) is 1. The molecule has 0 aliphatic carbocycles. The van der Waals surface area contributed by atoms with E-state index in [4.69, 9.17) is 9.72 Å². The predicted octanol–water partition coefficient (Wildman–Crippen LogP) is 5.98. The minimum atomic E-state index is -2.76. The number of piperidine rings is 1. The number of likely N-dealkylation sites (N-methyl/N-ethyl adjacent to an activating group) is 1. The van der Waals surface area contributed by atoms with E-state index in [1.165, 1.54) is 37.2 Å². The van der Waals surface area contributed by atoms with E-state index < -0.39 is 7.14 Å². The van der Waals surface area contributed by atoms with Crippen LogP contribution < -0.4 is 25.6 Å². The molecule has 2 aliphatic rings. The second kappa shape index (κ2) is 14.2. The lowest BCUT2D eigenvalue weighted by atomic mass is 9.99. The maximum Gasteiger partial charge on any atom is 0.229 e. The highest BCUT2D eigenvalue weighted by molar-refractivity contribution is 7.71. The number of nitrogens with zero attached hydrogens (tertiary/aromatic N) is 7. The number of piperazine rings is 1. The lowest BCUT2D eigenvalue weighted by Gasteiger charge is -2.43. The number of benzene rings is 2. The number of methoxy groups -OCH3 is 1. The minimum Gasteiger partial charge on any atom is -0.494 e. The van der Waals surface area contributed by atoms with Crippen LogP contribution in [0.2, 0.25) is 0 Å². The molecule has 2 aromatic carbocycles. The van der Waals surface area contributed by atoms with Gasteiger partial charge in [0.2, 0.25) is 5.95 Å². The van der Waals surface area contributed by atoms with Gasteiger partial charge in [-0.25, -0.2) is 4.98 Å². The first-order valence-corrected chi connectivity index (χ1v) is 19.4. The molecular formula is C36H48N9O2P. The van der Waals surface area contributed by atoms with Crippen molar-refractivity contribution in [2.75, 3.05) is 82.3 Å². The third-order valence-electron chi connectivity index (χ3n) is 9.54. The quantitative estimate of drug-likeness (QED) is 0.195. The van der Waals surface area contributed by atoms with Gasteiger partial charge < -0.3 is 29.7 Å². The summed E-state index contributed by atoms with van der Waals surface area (Å²) in [5.74, 6) is 1.69. The van der Waals surface area contributed by atoms with Crippen LogP contribution in [0.3, 0.4) is 0 Å². The van der Waals surface area contributed by atoms with Crippen LogP contribution in [0.15, 0.2) is 49.4 Å². The Kier molecular flexibility index (Phi) is 10.0. The van der Waals surface area contributed by atoms with Crippen molar-refractivity contribution in [2.24, 2.45) is 0 Å². The molecule has 0 saturated carbocycles. The molecule has 2 aliphatic heterocycles. The molecule has 2 N–H and O–H groups in total. The molecule has 6 rings (SSSR count). The van der Waals surface area contributed by atoms with Crippen molar-refractivity contribution >= 4 is 57.9 Å². The van der Waals surface area contributed by atoms with Crippen molar-refractivity contribution < 1.29 is 9.30 Å². The highest BCUT2D eigenvalue weighted by Gasteiger charge is 2.28. The number of nitrogens with one attached hydrogen (secondary N) is 2. The van der Waals surface area contributed by atoms with Gasteiger partial charge in [0.05, 0.1) is 29.3 Å². The zero-order chi connectivity index (χ0) is 34.0. The average molecular weight is 670 g/mol. The second-order valence-corrected chi connectivity index (χ2v) is 16.5. The van der Waals surface area contributed by atoms with Gasteiger partial charge in [-0.05, 0) is 75.9 Å². The normalized spacial score (nSPS) is 16.7. The summed E-state index contributed by atoms with van der Waals surface area (Å²) < 4.78 is 19.5. The Balaban J connectivity index is 1.27. The van der Waals surface area contributed by atoms with Crippen LogP contribution in [-0.4, -0.2) is 103 Å². The molecular weight excluding hydrogens is 621 g/mol. The van der Waals surface area contributed by atoms with Crippen molar-refractivity contribution in [1.82, 2.24) is 29.7 Å². The summed E-state index contributed by atoms with van der Waals surface area (Å²) in [7, 11) is 1.15. The number of hydrogen-bond donors (Lipinski definition) is 2. The molecule has 0 radical (unpaired) electrons. The van der Waals surface area contributed by atoms with Crippen LogP contribution in [0.4, 0.5) is 28.8 Å². The van der Waals surface area contributed by atoms with Gasteiger partial charge in [0.25, 0.3) is 0 Å². The Morgan fingerprint density at radius 1 is 1.00 bits per heavy atom. The third-order valence-corrected chi connectivity index (χ3v) is 11.1. The molecule has 2 aromatic heterocycles. The van der Waals surface area contributed by atoms with Crippen LogP contribution in [0.1, 0.15) is 37.8 Å². The van der Waals surface area contributed by atoms with Crippen LogP contribution in [0.25, 0.3) is 16.6 Å². The summed E-state index contributed by atoms with van der Waals surface area (Å²) in [5.41, 5.74) is 6.79. The van der Waals surface area contributed by atoms with Crippen LogP contribution in [-0.2, 0) is 11.0 Å². The molecule has 0 unspecified atom stereocenters. The molecule has 2 fully saturated rings. The Bertz CT molecular complexity index is 1840. The Hall–Kier alpha value is -4.05. The zero-order valence-electron chi connectivity index (χ0n) is 29.1. The van der Waals surface area contributed by atoms with Crippen molar-refractivity contribution in [3.05, 3.63) is 60.6 Å². The Labute approximate surface area is 284 Å². The fourth-order valence-electron chi connectivity index (χ4n) is 6.88. The largest absolute Gasteiger partial charge is 0.494 e. The van der Waals surface area contributed by atoms with E-state index in [1.807, 2.05) is 19.1 Å². The monoisotopic (exact) mass is 669 g/mol. The first-order valence-electron chi connectivity index (χ1n) is 16.8. The fourth-order valence-corrected chi connectivity index (χ4v) is 8.28. The number of rotatable bonds is 10. The topological polar surface area (TPSA) is 112 Å². The Morgan fingerprint density at radius 2 is 1.73 bits per heavy atom. The summed E-state index contributed by atoms with van der Waals surface area (Å²) in [5, 5.41) is 7.50. The number of hydrogen-bond acceptors (Lipinski definition) is 11. The predicted molar refractivity (Wildman–Crippen MR) is 199 cm³/mol. The zero-order valence-corrected chi connectivity index (χ0v) is 30.0. The maximum atomic E-state index is 13.5.